The summed E-state index contributed by atoms with van der Waals surface area (Å²) in [6.07, 6.45) is 5.95. The molecule has 5 heteroatoms. The molecule has 0 spiro atoms. The van der Waals surface area contributed by atoms with Crippen molar-refractivity contribution in [2.24, 2.45) is 0 Å². The summed E-state index contributed by atoms with van der Waals surface area (Å²) >= 11 is 0. The van der Waals surface area contributed by atoms with Gasteiger partial charge in [-0.3, -0.25) is 0 Å². The molecule has 108 valence electrons. The van der Waals surface area contributed by atoms with Crippen LogP contribution in [0.3, 0.4) is 0 Å². The van der Waals surface area contributed by atoms with Crippen LogP contribution in [-0.2, 0) is 11.2 Å². The van der Waals surface area contributed by atoms with Gasteiger partial charge in [0.1, 0.15) is 11.2 Å². The summed E-state index contributed by atoms with van der Waals surface area (Å²) in [5.41, 5.74) is 1.54. The molecule has 20 heavy (non-hydrogen) atoms. The average molecular weight is 275 g/mol. The van der Waals surface area contributed by atoms with Crippen LogP contribution in [0.15, 0.2) is 30.7 Å². The summed E-state index contributed by atoms with van der Waals surface area (Å²) in [7, 11) is 0. The third-order valence-corrected chi connectivity index (χ3v) is 2.79. The zero-order valence-corrected chi connectivity index (χ0v) is 12.4. The minimum atomic E-state index is -0.479. The number of hydrogen-bond donors (Lipinski definition) is 1. The Morgan fingerprint density at radius 1 is 1.45 bits per heavy atom. The number of fused-ring (bicyclic) bond motifs is 1. The van der Waals surface area contributed by atoms with E-state index in [-0.39, 0.29) is 12.1 Å². The maximum atomic E-state index is 11.7. The number of carbonyl (C=O) groups is 1. The van der Waals surface area contributed by atoms with Gasteiger partial charge >= 0.3 is 6.09 Å². The first-order valence-electron chi connectivity index (χ1n) is 6.75. The topological polar surface area (TPSA) is 55.6 Å². The molecule has 0 aliphatic rings. The molecule has 0 radical (unpaired) electrons. The molecule has 0 aromatic carbocycles. The van der Waals surface area contributed by atoms with Gasteiger partial charge in [0.2, 0.25) is 0 Å². The van der Waals surface area contributed by atoms with E-state index in [1.165, 1.54) is 0 Å². The number of alkyl carbamates (subject to hydrolysis) is 1. The molecule has 0 aliphatic heterocycles. The van der Waals surface area contributed by atoms with Crippen molar-refractivity contribution in [3.63, 3.8) is 0 Å². The molecule has 1 amide bonds. The molecule has 2 aromatic heterocycles. The standard InChI is InChI=1S/C15H21N3O2/c1-11(17-14(19)20-15(2,3)4)10-12-6-5-8-18-9-7-16-13(12)18/h5-9,11H,10H2,1-4H3,(H,17,19)/t11-/m1/s1. The molecule has 5 nitrogen and oxygen atoms in total. The molecule has 0 fully saturated rings. The zero-order chi connectivity index (χ0) is 14.8. The molecule has 2 rings (SSSR count). The smallest absolute Gasteiger partial charge is 0.407 e. The van der Waals surface area contributed by atoms with E-state index in [0.29, 0.717) is 6.42 Å². The summed E-state index contributed by atoms with van der Waals surface area (Å²) in [6.45, 7) is 7.50. The fourth-order valence-corrected chi connectivity index (χ4v) is 2.06. The second-order valence-corrected chi connectivity index (χ2v) is 5.94. The Balaban J connectivity index is 1.99. The van der Waals surface area contributed by atoms with Gasteiger partial charge in [-0.25, -0.2) is 9.78 Å². The van der Waals surface area contributed by atoms with Crippen LogP contribution in [0.4, 0.5) is 4.79 Å². The van der Waals surface area contributed by atoms with E-state index in [2.05, 4.69) is 10.3 Å². The fourth-order valence-electron chi connectivity index (χ4n) is 2.06. The van der Waals surface area contributed by atoms with Crippen LogP contribution < -0.4 is 5.32 Å². The largest absolute Gasteiger partial charge is 0.444 e. The summed E-state index contributed by atoms with van der Waals surface area (Å²) in [5.74, 6) is 0. The summed E-state index contributed by atoms with van der Waals surface area (Å²) < 4.78 is 7.22. The van der Waals surface area contributed by atoms with Crippen LogP contribution >= 0.6 is 0 Å². The average Bonchev–Trinajstić information content (AvgIpc) is 2.74. The second-order valence-electron chi connectivity index (χ2n) is 5.94. The van der Waals surface area contributed by atoms with Crippen molar-refractivity contribution in [3.05, 3.63) is 36.3 Å². The summed E-state index contributed by atoms with van der Waals surface area (Å²) in [6, 6.07) is 3.98. The number of carbonyl (C=O) groups excluding carboxylic acids is 1. The fraction of sp³-hybridized carbons (Fsp3) is 0.467. The van der Waals surface area contributed by atoms with Gasteiger partial charge in [0.05, 0.1) is 0 Å². The van der Waals surface area contributed by atoms with Crippen LogP contribution in [0, 0.1) is 0 Å². The molecule has 0 saturated heterocycles. The number of amides is 1. The first-order chi connectivity index (χ1) is 9.35. The maximum Gasteiger partial charge on any atom is 0.407 e. The number of hydrogen-bond acceptors (Lipinski definition) is 3. The van der Waals surface area contributed by atoms with E-state index in [0.717, 1.165) is 11.2 Å². The zero-order valence-electron chi connectivity index (χ0n) is 12.4. The number of aromatic nitrogens is 2. The van der Waals surface area contributed by atoms with E-state index in [4.69, 9.17) is 4.74 Å². The van der Waals surface area contributed by atoms with Crippen molar-refractivity contribution >= 4 is 11.7 Å². The first kappa shape index (κ1) is 14.4. The lowest BCUT2D eigenvalue weighted by Crippen LogP contribution is -2.38. The van der Waals surface area contributed by atoms with Crippen LogP contribution in [-0.4, -0.2) is 27.1 Å². The normalized spacial score (nSPS) is 13.2. The maximum absolute atomic E-state index is 11.7. The molecule has 0 saturated carbocycles. The van der Waals surface area contributed by atoms with E-state index in [1.807, 2.05) is 56.6 Å². The highest BCUT2D eigenvalue weighted by molar-refractivity contribution is 5.68. The van der Waals surface area contributed by atoms with Gasteiger partial charge in [-0.05, 0) is 45.7 Å². The number of pyridine rings is 1. The first-order valence-corrected chi connectivity index (χ1v) is 6.75. The Morgan fingerprint density at radius 2 is 2.20 bits per heavy atom. The van der Waals surface area contributed by atoms with Crippen molar-refractivity contribution in [2.45, 2.75) is 45.8 Å². The van der Waals surface area contributed by atoms with Gasteiger partial charge in [0.15, 0.2) is 0 Å². The number of rotatable bonds is 3. The van der Waals surface area contributed by atoms with Gasteiger partial charge in [0.25, 0.3) is 0 Å². The molecule has 0 bridgehead atoms. The second kappa shape index (κ2) is 5.53. The Labute approximate surface area is 119 Å². The van der Waals surface area contributed by atoms with Gasteiger partial charge < -0.3 is 14.5 Å². The van der Waals surface area contributed by atoms with Crippen molar-refractivity contribution in [1.29, 1.82) is 0 Å². The monoisotopic (exact) mass is 275 g/mol. The predicted octanol–water partition coefficient (Wildman–Crippen LogP) is 2.79. The predicted molar refractivity (Wildman–Crippen MR) is 77.7 cm³/mol. The highest BCUT2D eigenvalue weighted by Crippen LogP contribution is 2.12. The number of ether oxygens (including phenoxy) is 1. The molecule has 1 N–H and O–H groups in total. The van der Waals surface area contributed by atoms with Gasteiger partial charge in [-0.15, -0.1) is 0 Å². The van der Waals surface area contributed by atoms with E-state index >= 15 is 0 Å². The summed E-state index contributed by atoms with van der Waals surface area (Å²) in [5, 5.41) is 2.84. The molecule has 2 heterocycles. The molecule has 1 atom stereocenters. The highest BCUT2D eigenvalue weighted by atomic mass is 16.6. The summed E-state index contributed by atoms with van der Waals surface area (Å²) in [4.78, 5) is 16.0. The molecular formula is C15H21N3O2. The van der Waals surface area contributed by atoms with Gasteiger partial charge in [-0.2, -0.15) is 0 Å². The lowest BCUT2D eigenvalue weighted by molar-refractivity contribution is 0.0508. The third kappa shape index (κ3) is 3.73. The quantitative estimate of drug-likeness (QED) is 0.937. The number of nitrogens with zero attached hydrogens (tertiary/aromatic N) is 2. The number of nitrogens with one attached hydrogen (secondary N) is 1. The Kier molecular flexibility index (Phi) is 3.97. The van der Waals surface area contributed by atoms with Crippen LogP contribution in [0.2, 0.25) is 0 Å². The minimum Gasteiger partial charge on any atom is -0.444 e. The molecule has 0 aliphatic carbocycles. The molecule has 2 aromatic rings. The van der Waals surface area contributed by atoms with E-state index < -0.39 is 5.60 Å². The Bertz CT molecular complexity index is 598. The van der Waals surface area contributed by atoms with Crippen molar-refractivity contribution in [1.82, 2.24) is 14.7 Å². The van der Waals surface area contributed by atoms with Crippen molar-refractivity contribution in [3.8, 4) is 0 Å². The third-order valence-electron chi connectivity index (χ3n) is 2.79. The Hall–Kier alpha value is -2.04. The van der Waals surface area contributed by atoms with Gasteiger partial charge in [-0.1, -0.05) is 6.07 Å². The van der Waals surface area contributed by atoms with E-state index in [9.17, 15) is 4.79 Å². The van der Waals surface area contributed by atoms with Gasteiger partial charge in [0, 0.05) is 24.6 Å². The van der Waals surface area contributed by atoms with Crippen molar-refractivity contribution < 1.29 is 9.53 Å². The lowest BCUT2D eigenvalue weighted by atomic mass is 10.1. The minimum absolute atomic E-state index is 0.0206. The Morgan fingerprint density at radius 3 is 2.90 bits per heavy atom. The van der Waals surface area contributed by atoms with E-state index in [1.54, 1.807) is 6.20 Å². The highest BCUT2D eigenvalue weighted by Gasteiger charge is 2.18. The molecule has 0 unspecified atom stereocenters. The number of imidazole rings is 1. The SMILES string of the molecule is C[C@H](Cc1cccn2ccnc12)NC(=O)OC(C)(C)C. The van der Waals surface area contributed by atoms with Crippen molar-refractivity contribution in [2.75, 3.05) is 0 Å². The van der Waals surface area contributed by atoms with Crippen LogP contribution in [0.25, 0.3) is 5.65 Å². The molecular weight excluding hydrogens is 254 g/mol. The van der Waals surface area contributed by atoms with Crippen LogP contribution in [0.5, 0.6) is 0 Å². The van der Waals surface area contributed by atoms with Crippen LogP contribution in [0.1, 0.15) is 33.3 Å². The lowest BCUT2D eigenvalue weighted by Gasteiger charge is -2.22.